The van der Waals surface area contributed by atoms with E-state index in [2.05, 4.69) is 15.3 Å². The second-order valence-corrected chi connectivity index (χ2v) is 7.02. The Kier molecular flexibility index (Phi) is 5.25. The molecule has 0 atom stereocenters. The van der Waals surface area contributed by atoms with Gasteiger partial charge in [-0.3, -0.25) is 9.36 Å². The van der Waals surface area contributed by atoms with Crippen LogP contribution in [0.4, 0.5) is 0 Å². The molecule has 0 unspecified atom stereocenters. The molecule has 1 aliphatic heterocycles. The molecule has 3 aromatic rings. The van der Waals surface area contributed by atoms with Gasteiger partial charge in [0.05, 0.1) is 46.1 Å². The summed E-state index contributed by atoms with van der Waals surface area (Å²) < 4.78 is 13.8. The van der Waals surface area contributed by atoms with Crippen LogP contribution in [0.1, 0.15) is 19.3 Å². The van der Waals surface area contributed by atoms with Crippen molar-refractivity contribution >= 4 is 11.2 Å². The maximum Gasteiger partial charge on any atom is 0.283 e. The summed E-state index contributed by atoms with van der Waals surface area (Å²) in [6, 6.07) is 5.38. The highest BCUT2D eigenvalue weighted by molar-refractivity contribution is 5.70. The molecule has 1 fully saturated rings. The molecule has 0 saturated carbocycles. The number of rotatable bonds is 6. The Morgan fingerprint density at radius 1 is 1.11 bits per heavy atom. The zero-order chi connectivity index (χ0) is 19.5. The van der Waals surface area contributed by atoms with Gasteiger partial charge in [-0.25, -0.2) is 4.98 Å². The Balaban J connectivity index is 1.62. The van der Waals surface area contributed by atoms with E-state index in [1.807, 2.05) is 6.07 Å². The van der Waals surface area contributed by atoms with Crippen LogP contribution in [0.3, 0.4) is 0 Å². The van der Waals surface area contributed by atoms with Gasteiger partial charge in [-0.2, -0.15) is 4.68 Å². The minimum atomic E-state index is -0.159. The predicted molar refractivity (Wildman–Crippen MR) is 103 cm³/mol. The Bertz CT molecular complexity index is 1020. The number of hydrogen-bond acceptors (Lipinski definition) is 6. The number of piperidine rings is 1. The van der Waals surface area contributed by atoms with Crippen LogP contribution in [0.5, 0.6) is 11.5 Å². The first-order chi connectivity index (χ1) is 13.7. The number of nitrogens with zero attached hydrogens (tertiary/aromatic N) is 5. The van der Waals surface area contributed by atoms with Gasteiger partial charge in [-0.1, -0.05) is 5.21 Å². The van der Waals surface area contributed by atoms with Gasteiger partial charge in [-0.05, 0) is 31.4 Å². The van der Waals surface area contributed by atoms with Crippen molar-refractivity contribution in [3.8, 4) is 17.2 Å². The van der Waals surface area contributed by atoms with Gasteiger partial charge in [0.15, 0.2) is 22.7 Å². The molecule has 4 rings (SSSR count). The molecule has 0 radical (unpaired) electrons. The smallest absolute Gasteiger partial charge is 0.283 e. The molecule has 1 aromatic carbocycles. The summed E-state index contributed by atoms with van der Waals surface area (Å²) in [6.45, 7) is 3.93. The molecule has 2 aromatic heterocycles. The van der Waals surface area contributed by atoms with Crippen LogP contribution in [0, 0.1) is 0 Å². The van der Waals surface area contributed by atoms with Crippen LogP contribution in [0.2, 0.25) is 0 Å². The fourth-order valence-electron chi connectivity index (χ4n) is 3.71. The Labute approximate surface area is 162 Å². The van der Waals surface area contributed by atoms with Crippen LogP contribution in [-0.2, 0) is 6.54 Å². The molecular formula is C19H25N6O3+. The van der Waals surface area contributed by atoms with E-state index in [1.54, 1.807) is 46.8 Å². The van der Waals surface area contributed by atoms with Crippen molar-refractivity contribution in [2.75, 3.05) is 33.9 Å². The lowest BCUT2D eigenvalue weighted by molar-refractivity contribution is -0.905. The van der Waals surface area contributed by atoms with E-state index < -0.39 is 0 Å². The molecule has 0 spiro atoms. The first-order valence-electron chi connectivity index (χ1n) is 9.58. The van der Waals surface area contributed by atoms with Gasteiger partial charge in [0.2, 0.25) is 0 Å². The highest BCUT2D eigenvalue weighted by Gasteiger charge is 2.17. The number of aromatic nitrogens is 5. The van der Waals surface area contributed by atoms with Crippen LogP contribution in [0.15, 0.2) is 29.3 Å². The Morgan fingerprint density at radius 3 is 2.64 bits per heavy atom. The number of methoxy groups -OCH3 is 2. The standard InChI is InChI=1S/C19H24N6O3/c1-27-15-7-6-14(12-16(15)28-2)25-18-17(21-22-25)19(26)24(13-20-18)11-10-23-8-4-3-5-9-23/h6-7,12-13H,3-5,8-11H2,1-2H3/p+1. The summed E-state index contributed by atoms with van der Waals surface area (Å²) in [5, 5.41) is 8.22. The number of nitrogens with one attached hydrogen (secondary N) is 1. The van der Waals surface area contributed by atoms with Gasteiger partial charge in [0, 0.05) is 6.07 Å². The summed E-state index contributed by atoms with van der Waals surface area (Å²) in [4.78, 5) is 18.8. The topological polar surface area (TPSA) is 88.5 Å². The molecule has 1 aliphatic rings. The summed E-state index contributed by atoms with van der Waals surface area (Å²) >= 11 is 0. The quantitative estimate of drug-likeness (QED) is 0.646. The third-order valence-electron chi connectivity index (χ3n) is 5.31. The van der Waals surface area contributed by atoms with Crippen LogP contribution in [-0.4, -0.2) is 58.4 Å². The van der Waals surface area contributed by atoms with Crippen molar-refractivity contribution in [1.29, 1.82) is 0 Å². The molecule has 9 heteroatoms. The number of fused-ring (bicyclic) bond motifs is 1. The SMILES string of the molecule is COc1ccc(-n2nnc3c(=O)n(CC[NH+]4CCCCC4)cnc32)cc1OC. The van der Waals surface area contributed by atoms with Gasteiger partial charge < -0.3 is 14.4 Å². The van der Waals surface area contributed by atoms with Crippen molar-refractivity contribution in [2.24, 2.45) is 0 Å². The fourth-order valence-corrected chi connectivity index (χ4v) is 3.71. The maximum atomic E-state index is 12.8. The second-order valence-electron chi connectivity index (χ2n) is 7.02. The largest absolute Gasteiger partial charge is 0.493 e. The first-order valence-corrected chi connectivity index (χ1v) is 9.58. The minimum absolute atomic E-state index is 0.159. The van der Waals surface area contributed by atoms with Crippen LogP contribution >= 0.6 is 0 Å². The molecule has 9 nitrogen and oxygen atoms in total. The maximum absolute atomic E-state index is 12.8. The Hall–Kier alpha value is -2.94. The van der Waals surface area contributed by atoms with Crippen molar-refractivity contribution in [3.05, 3.63) is 34.9 Å². The molecule has 0 aliphatic carbocycles. The minimum Gasteiger partial charge on any atom is -0.493 e. The van der Waals surface area contributed by atoms with Crippen molar-refractivity contribution in [1.82, 2.24) is 24.5 Å². The van der Waals surface area contributed by atoms with E-state index in [-0.39, 0.29) is 11.1 Å². The van der Waals surface area contributed by atoms with Crippen LogP contribution in [0.25, 0.3) is 16.9 Å². The van der Waals surface area contributed by atoms with E-state index in [4.69, 9.17) is 9.47 Å². The molecule has 3 heterocycles. The second kappa shape index (κ2) is 7.97. The normalized spacial score (nSPS) is 15.1. The third-order valence-corrected chi connectivity index (χ3v) is 5.31. The average Bonchev–Trinajstić information content (AvgIpc) is 3.18. The third kappa shape index (κ3) is 3.45. The number of likely N-dealkylation sites (tertiary alicyclic amines) is 1. The molecule has 1 N–H and O–H groups in total. The highest BCUT2D eigenvalue weighted by Crippen LogP contribution is 2.29. The molecular weight excluding hydrogens is 360 g/mol. The fraction of sp³-hybridized carbons (Fsp3) is 0.474. The average molecular weight is 385 g/mol. The molecule has 0 amide bonds. The van der Waals surface area contributed by atoms with E-state index in [1.165, 1.54) is 32.4 Å². The summed E-state index contributed by atoms with van der Waals surface area (Å²) in [5.41, 5.74) is 1.24. The van der Waals surface area contributed by atoms with Crippen molar-refractivity contribution in [3.63, 3.8) is 0 Å². The number of benzene rings is 1. The van der Waals surface area contributed by atoms with Gasteiger partial charge in [0.25, 0.3) is 5.56 Å². The monoisotopic (exact) mass is 385 g/mol. The van der Waals surface area contributed by atoms with Gasteiger partial charge >= 0.3 is 0 Å². The molecule has 28 heavy (non-hydrogen) atoms. The van der Waals surface area contributed by atoms with Gasteiger partial charge in [-0.15, -0.1) is 5.10 Å². The predicted octanol–water partition coefficient (Wildman–Crippen LogP) is 0.0632. The number of hydrogen-bond donors (Lipinski definition) is 1. The summed E-state index contributed by atoms with van der Waals surface area (Å²) in [7, 11) is 3.15. The number of quaternary nitrogens is 1. The van der Waals surface area contributed by atoms with E-state index >= 15 is 0 Å². The van der Waals surface area contributed by atoms with Gasteiger partial charge in [0.1, 0.15) is 6.33 Å². The van der Waals surface area contributed by atoms with Crippen LogP contribution < -0.4 is 19.9 Å². The lowest BCUT2D eigenvalue weighted by Crippen LogP contribution is -3.13. The zero-order valence-corrected chi connectivity index (χ0v) is 16.2. The van der Waals surface area contributed by atoms with Crippen molar-refractivity contribution in [2.45, 2.75) is 25.8 Å². The summed E-state index contributed by atoms with van der Waals surface area (Å²) in [5.74, 6) is 1.19. The van der Waals surface area contributed by atoms with Crippen molar-refractivity contribution < 1.29 is 14.4 Å². The first kappa shape index (κ1) is 18.4. The summed E-state index contributed by atoms with van der Waals surface area (Å²) in [6.07, 6.45) is 5.44. The lowest BCUT2D eigenvalue weighted by Gasteiger charge is -2.23. The van der Waals surface area contributed by atoms with E-state index in [0.29, 0.717) is 29.4 Å². The Morgan fingerprint density at radius 2 is 1.89 bits per heavy atom. The van der Waals surface area contributed by atoms with E-state index in [0.717, 1.165) is 6.54 Å². The molecule has 148 valence electrons. The van der Waals surface area contributed by atoms with E-state index in [9.17, 15) is 4.79 Å². The number of ether oxygens (including phenoxy) is 2. The zero-order valence-electron chi connectivity index (χ0n) is 16.2. The highest BCUT2D eigenvalue weighted by atomic mass is 16.5. The molecule has 0 bridgehead atoms. The lowest BCUT2D eigenvalue weighted by atomic mass is 10.1. The molecule has 1 saturated heterocycles.